The smallest absolute Gasteiger partial charge is 0.494 e. The molecular weight excluding hydrogens is 2010 g/mol. The van der Waals surface area contributed by atoms with Gasteiger partial charge in [-0.05, 0) is 273 Å². The zero-order valence-corrected chi connectivity index (χ0v) is 99.9. The summed E-state index contributed by atoms with van der Waals surface area (Å²) in [5.41, 5.74) is 15.4. The standard InChI is InChI=1S/C124H198N8O4.4BrH.Mg/c1-13-25-81-129(82-26-14-2,83-27-15-3)93-53-45-37-41-49-57-97-133-109-69-61-65-105(101-109)121-113-73-75-115(125-113)122(106-66-62-70-110(102-106)134-98-58-50-42-38-46-54-94-130(84-28-16-4,85-29-17-5)86-30-18-6)117-77-79-119(127-117)124(108-68-64-72-112(104-108)136-100-60-52-44-40-48-56-96-132(90-34-22-10,91-35-23-11)92-36-24-12)120-80-78-118(128-120)123(116-76-74-114(121)126-116)107-67-63-71-111(103-107)135-99-59-51-43-39-47-55-95-131(87-31-19-7,88-32-20-8)89-33-21-9;;;;;/h61-80,101-104,125,128H,13-60,81-100H2,1-12H3;4*1H;/q+4;;;;;+2. The van der Waals surface area contributed by atoms with Crippen molar-refractivity contribution >= 4 is 137 Å². The monoisotopic (exact) mass is 2210 g/mol. The van der Waals surface area contributed by atoms with Gasteiger partial charge in [-0.15, -0.1) is 67.9 Å². The van der Waals surface area contributed by atoms with Gasteiger partial charge in [0.25, 0.3) is 0 Å². The second kappa shape index (κ2) is 75.8. The van der Waals surface area contributed by atoms with Gasteiger partial charge in [-0.3, -0.25) is 0 Å². The van der Waals surface area contributed by atoms with Crippen LogP contribution >= 0.6 is 67.9 Å². The Morgan fingerprint density at radius 3 is 0.525 bits per heavy atom. The number of fused-ring (bicyclic) bond motifs is 8. The molecule has 8 bridgehead atoms. The summed E-state index contributed by atoms with van der Waals surface area (Å²) in [7, 11) is 0. The van der Waals surface area contributed by atoms with E-state index in [1.165, 1.54) is 405 Å². The Bertz CT molecular complexity index is 4010. The quantitative estimate of drug-likeness (QED) is 0.0224. The zero-order valence-electron chi connectivity index (χ0n) is 91.6. The first kappa shape index (κ1) is 128. The van der Waals surface area contributed by atoms with Gasteiger partial charge >= 0.3 is 23.1 Å². The molecule has 0 saturated carbocycles. The van der Waals surface area contributed by atoms with E-state index in [-0.39, 0.29) is 91.0 Å². The number of unbranched alkanes of at least 4 members (excludes halogenated alkanes) is 32. The molecule has 0 aliphatic carbocycles. The van der Waals surface area contributed by atoms with Gasteiger partial charge in [0.2, 0.25) is 0 Å². The number of aromatic nitrogens is 4. The average molecular weight is 2210 g/mol. The SMILES string of the molecule is Br.Br.Br.Br.CCCC[N+](CCCC)(CCCC)CCCCCCCCOc1cccc(-c2c3nc(c(-c4cccc(OCCCCCCCC[N+](CCCC)(CCCC)CCCC)c4)c4ccc([nH]4)c(-c4cccc(OCCCCCCCC[N+](CCCC)(CCCC)CCCC)c4)c4nc(c(-c5cccc(OCCCCCCCC[N+](CCCC)(CCCC)CCCC)c5)c5ccc2[nH]5)C=C4)C=C3)c1.[Mg+2]. The molecule has 4 aromatic carbocycles. The number of quaternary nitrogens is 4. The van der Waals surface area contributed by atoms with Crippen molar-refractivity contribution in [2.45, 2.75) is 391 Å². The largest absolute Gasteiger partial charge is 2.00 e. The Labute approximate surface area is 920 Å². The molecule has 0 saturated heterocycles. The van der Waals surface area contributed by atoms with Crippen molar-refractivity contribution in [2.24, 2.45) is 0 Å². The molecule has 786 valence electrons. The number of benzene rings is 4. The Hall–Kier alpha value is -4.79. The average Bonchev–Trinajstić information content (AvgIpc) is 1.61. The van der Waals surface area contributed by atoms with Gasteiger partial charge in [0.15, 0.2) is 0 Å². The first-order valence-electron chi connectivity index (χ1n) is 57.3. The van der Waals surface area contributed by atoms with Gasteiger partial charge in [-0.1, -0.05) is 286 Å². The third-order valence-corrected chi connectivity index (χ3v) is 30.3. The summed E-state index contributed by atoms with van der Waals surface area (Å²) in [4.78, 5) is 19.9. The molecule has 3 aromatic heterocycles. The summed E-state index contributed by atoms with van der Waals surface area (Å²) < 4.78 is 32.6. The normalized spacial score (nSPS) is 12.0. The second-order valence-corrected chi connectivity index (χ2v) is 41.7. The van der Waals surface area contributed by atoms with Crippen LogP contribution in [-0.2, 0) is 0 Å². The molecule has 2 aliphatic rings. The van der Waals surface area contributed by atoms with E-state index >= 15 is 0 Å². The second-order valence-electron chi connectivity index (χ2n) is 41.7. The molecule has 2 N–H and O–H groups in total. The minimum Gasteiger partial charge on any atom is -0.494 e. The molecule has 0 radical (unpaired) electrons. The maximum Gasteiger partial charge on any atom is 2.00 e. The predicted molar refractivity (Wildman–Crippen MR) is 638 cm³/mol. The summed E-state index contributed by atoms with van der Waals surface area (Å²) >= 11 is 0. The van der Waals surface area contributed by atoms with Crippen molar-refractivity contribution in [3.05, 3.63) is 144 Å². The van der Waals surface area contributed by atoms with Gasteiger partial charge in [0.05, 0.1) is 154 Å². The van der Waals surface area contributed by atoms with Crippen molar-refractivity contribution < 1.29 is 36.9 Å². The van der Waals surface area contributed by atoms with Crippen molar-refractivity contribution in [3.8, 4) is 67.5 Å². The Morgan fingerprint density at radius 1 is 0.199 bits per heavy atom. The number of H-pyrrole nitrogens is 2. The van der Waals surface area contributed by atoms with Crippen LogP contribution in [0.25, 0.3) is 90.9 Å². The van der Waals surface area contributed by atoms with Gasteiger partial charge in [-0.2, -0.15) is 0 Å². The predicted octanol–water partition coefficient (Wildman–Crippen LogP) is 37.0. The van der Waals surface area contributed by atoms with E-state index in [1.54, 1.807) is 0 Å². The molecule has 0 fully saturated rings. The number of nitrogens with zero attached hydrogens (tertiary/aromatic N) is 6. The Kier molecular flexibility index (Phi) is 69.1. The Balaban J connectivity index is 0.00000829. The van der Waals surface area contributed by atoms with E-state index in [1.807, 2.05) is 0 Å². The Morgan fingerprint density at radius 2 is 0.355 bits per heavy atom. The van der Waals surface area contributed by atoms with Crippen LogP contribution in [0.2, 0.25) is 0 Å². The topological polar surface area (TPSA) is 94.3 Å². The first-order valence-corrected chi connectivity index (χ1v) is 57.3. The van der Waals surface area contributed by atoms with Gasteiger partial charge in [-0.25, -0.2) is 9.97 Å². The molecule has 12 nitrogen and oxygen atoms in total. The molecule has 2 aliphatic heterocycles. The van der Waals surface area contributed by atoms with E-state index in [0.717, 1.165) is 138 Å². The zero-order chi connectivity index (χ0) is 96.3. The molecule has 0 atom stereocenters. The number of rotatable bonds is 80. The fourth-order valence-corrected chi connectivity index (χ4v) is 21.8. The number of hydrogen-bond donors (Lipinski definition) is 2. The maximum atomic E-state index is 6.81. The molecule has 0 spiro atoms. The van der Waals surface area contributed by atoms with Crippen molar-refractivity contribution in [1.82, 2.24) is 19.9 Å². The number of nitrogens with one attached hydrogen (secondary N) is 2. The molecule has 17 heteroatoms. The van der Waals surface area contributed by atoms with Crippen LogP contribution in [0.4, 0.5) is 0 Å². The third-order valence-electron chi connectivity index (χ3n) is 30.3. The van der Waals surface area contributed by atoms with Crippen molar-refractivity contribution in [1.29, 1.82) is 0 Å². The van der Waals surface area contributed by atoms with E-state index in [2.05, 4.69) is 239 Å². The third kappa shape index (κ3) is 44.9. The molecule has 7 aromatic rings. The van der Waals surface area contributed by atoms with Crippen molar-refractivity contribution in [2.75, 3.05) is 131 Å². The fourth-order valence-electron chi connectivity index (χ4n) is 21.8. The number of ether oxygens (including phenoxy) is 4. The van der Waals surface area contributed by atoms with Crippen LogP contribution in [0, 0.1) is 0 Å². The minimum atomic E-state index is 0. The van der Waals surface area contributed by atoms with Crippen LogP contribution < -0.4 is 18.9 Å². The first-order chi connectivity index (χ1) is 66.8. The van der Waals surface area contributed by atoms with E-state index < -0.39 is 0 Å². The molecule has 0 amide bonds. The van der Waals surface area contributed by atoms with E-state index in [0.29, 0.717) is 26.4 Å². The number of halogens is 4. The van der Waals surface area contributed by atoms with Gasteiger partial charge in [0.1, 0.15) is 23.0 Å². The summed E-state index contributed by atoms with van der Waals surface area (Å²) in [5.74, 6) is 3.48. The molecule has 5 heterocycles. The number of hydrogen-bond acceptors (Lipinski definition) is 6. The molecular formula is C124H202Br4MgN8O4+6. The van der Waals surface area contributed by atoms with Crippen LogP contribution in [-0.4, -0.2) is 192 Å². The van der Waals surface area contributed by atoms with Crippen LogP contribution in [0.3, 0.4) is 0 Å². The molecule has 0 unspecified atom stereocenters. The van der Waals surface area contributed by atoms with Crippen LogP contribution in [0.5, 0.6) is 23.0 Å². The van der Waals surface area contributed by atoms with E-state index in [9.17, 15) is 0 Å². The summed E-state index contributed by atoms with van der Waals surface area (Å²) in [6, 6.07) is 44.1. The van der Waals surface area contributed by atoms with Gasteiger partial charge < -0.3 is 46.8 Å². The molecule has 9 rings (SSSR count). The van der Waals surface area contributed by atoms with Gasteiger partial charge in [0, 0.05) is 44.3 Å². The minimum absolute atomic E-state index is 0. The summed E-state index contributed by atoms with van der Waals surface area (Å²) in [6.07, 6.45) is 70.1. The van der Waals surface area contributed by atoms with E-state index in [4.69, 9.17) is 28.9 Å². The molecule has 141 heavy (non-hydrogen) atoms. The number of aromatic amines is 2. The van der Waals surface area contributed by atoms with Crippen molar-refractivity contribution in [3.63, 3.8) is 0 Å². The maximum absolute atomic E-state index is 6.81. The summed E-state index contributed by atoms with van der Waals surface area (Å²) in [6.45, 7) is 52.7. The summed E-state index contributed by atoms with van der Waals surface area (Å²) in [5, 5.41) is 0. The fraction of sp³-hybridized carbons (Fsp3) is 0.645. The van der Waals surface area contributed by atoms with Crippen LogP contribution in [0.1, 0.15) is 414 Å². The van der Waals surface area contributed by atoms with Crippen LogP contribution in [0.15, 0.2) is 121 Å².